The fourth-order valence-corrected chi connectivity index (χ4v) is 5.71. The van der Waals surface area contributed by atoms with Crippen LogP contribution in [0.15, 0.2) is 42.6 Å². The van der Waals surface area contributed by atoms with Crippen LogP contribution in [0, 0.1) is 11.3 Å². The van der Waals surface area contributed by atoms with Crippen LogP contribution in [0.5, 0.6) is 5.75 Å². The van der Waals surface area contributed by atoms with E-state index in [1.54, 1.807) is 12.3 Å². The van der Waals surface area contributed by atoms with Crippen molar-refractivity contribution >= 4 is 11.7 Å². The highest BCUT2D eigenvalue weighted by Gasteiger charge is 2.45. The van der Waals surface area contributed by atoms with Gasteiger partial charge in [-0.25, -0.2) is 4.98 Å². The van der Waals surface area contributed by atoms with Crippen LogP contribution in [0.2, 0.25) is 0 Å². The molecular formula is C26H30N4O2. The van der Waals surface area contributed by atoms with Crippen molar-refractivity contribution in [1.82, 2.24) is 9.88 Å². The molecule has 5 rings (SSSR count). The van der Waals surface area contributed by atoms with Crippen molar-refractivity contribution in [3.05, 3.63) is 53.7 Å². The fraction of sp³-hybridized carbons (Fsp3) is 0.500. The Kier molecular flexibility index (Phi) is 5.50. The second-order valence-corrected chi connectivity index (χ2v) is 9.61. The number of pyridine rings is 1. The number of nitriles is 1. The molecule has 166 valence electrons. The number of para-hydroxylation sites is 1. The molecule has 1 aromatic carbocycles. The van der Waals surface area contributed by atoms with Gasteiger partial charge in [0, 0.05) is 43.4 Å². The van der Waals surface area contributed by atoms with E-state index < -0.39 is 0 Å². The summed E-state index contributed by atoms with van der Waals surface area (Å²) in [7, 11) is 0. The van der Waals surface area contributed by atoms with Crippen molar-refractivity contribution in [2.75, 3.05) is 18.0 Å². The van der Waals surface area contributed by atoms with E-state index >= 15 is 0 Å². The predicted molar refractivity (Wildman–Crippen MR) is 122 cm³/mol. The number of hydrogen-bond donors (Lipinski definition) is 1. The van der Waals surface area contributed by atoms with E-state index in [4.69, 9.17) is 5.26 Å². The zero-order chi connectivity index (χ0) is 22.1. The minimum Gasteiger partial charge on any atom is -0.508 e. The van der Waals surface area contributed by atoms with Crippen LogP contribution < -0.4 is 4.90 Å². The molecule has 32 heavy (non-hydrogen) atoms. The molecule has 1 amide bonds. The number of carbonyl (C=O) groups excluding carboxylic acids is 1. The summed E-state index contributed by atoms with van der Waals surface area (Å²) in [6.45, 7) is 1.53. The number of piperazine rings is 1. The molecule has 2 saturated heterocycles. The minimum absolute atomic E-state index is 0.132. The zero-order valence-electron chi connectivity index (χ0n) is 18.4. The summed E-state index contributed by atoms with van der Waals surface area (Å²) in [5.41, 5.74) is 1.79. The van der Waals surface area contributed by atoms with Crippen molar-refractivity contribution < 1.29 is 9.90 Å². The first-order chi connectivity index (χ1) is 15.6. The van der Waals surface area contributed by atoms with Gasteiger partial charge in [-0.1, -0.05) is 24.6 Å². The van der Waals surface area contributed by atoms with Gasteiger partial charge in [0.25, 0.3) is 0 Å². The SMILES string of the molecule is N#Cc1ccc(N2C3CCC2CN(C(=O)CCCCC2(c4ccccc4O)CC2)C3)nc1. The lowest BCUT2D eigenvalue weighted by molar-refractivity contribution is -0.132. The largest absolute Gasteiger partial charge is 0.508 e. The Morgan fingerprint density at radius 2 is 1.88 bits per heavy atom. The lowest BCUT2D eigenvalue weighted by atomic mass is 9.89. The van der Waals surface area contributed by atoms with Crippen molar-refractivity contribution in [2.24, 2.45) is 0 Å². The number of amides is 1. The Bertz CT molecular complexity index is 1010. The molecule has 1 aliphatic carbocycles. The molecule has 2 bridgehead atoms. The number of hydrogen-bond acceptors (Lipinski definition) is 5. The number of aromatic hydroxyl groups is 1. The standard InChI is InChI=1S/C26H30N4O2/c27-15-19-8-11-24(28-16-19)30-20-9-10-21(30)18-29(17-20)25(32)7-3-4-12-26(13-14-26)22-5-1-2-6-23(22)31/h1-2,5-6,8,11,16,20-21,31H,3-4,7,9-10,12-14,17-18H2. The summed E-state index contributed by atoms with van der Waals surface area (Å²) in [4.78, 5) is 21.8. The number of rotatable bonds is 7. The maximum atomic E-state index is 12.9. The number of unbranched alkanes of at least 4 members (excludes halogenated alkanes) is 1. The Labute approximate surface area is 189 Å². The Hall–Kier alpha value is -3.07. The van der Waals surface area contributed by atoms with E-state index in [9.17, 15) is 9.90 Å². The maximum absolute atomic E-state index is 12.9. The number of likely N-dealkylation sites (tertiary alicyclic amines) is 1. The second-order valence-electron chi connectivity index (χ2n) is 9.61. The Balaban J connectivity index is 1.12. The fourth-order valence-electron chi connectivity index (χ4n) is 5.71. The van der Waals surface area contributed by atoms with Crippen LogP contribution in [0.1, 0.15) is 62.5 Å². The summed E-state index contributed by atoms with van der Waals surface area (Å²) >= 11 is 0. The van der Waals surface area contributed by atoms with Gasteiger partial charge in [-0.2, -0.15) is 5.26 Å². The quantitative estimate of drug-likeness (QED) is 0.668. The highest BCUT2D eigenvalue weighted by Crippen LogP contribution is 2.54. The minimum atomic E-state index is 0.132. The molecule has 6 nitrogen and oxygen atoms in total. The van der Waals surface area contributed by atoms with Gasteiger partial charge in [-0.15, -0.1) is 0 Å². The van der Waals surface area contributed by atoms with Crippen molar-refractivity contribution in [3.63, 3.8) is 0 Å². The van der Waals surface area contributed by atoms with Crippen LogP contribution in [0.4, 0.5) is 5.82 Å². The second kappa shape index (κ2) is 8.46. The lowest BCUT2D eigenvalue weighted by Crippen LogP contribution is -2.55. The van der Waals surface area contributed by atoms with Crippen molar-refractivity contribution in [2.45, 2.75) is 68.9 Å². The summed E-state index contributed by atoms with van der Waals surface area (Å²) in [6.07, 6.45) is 9.63. The van der Waals surface area contributed by atoms with Crippen molar-refractivity contribution in [3.8, 4) is 11.8 Å². The summed E-state index contributed by atoms with van der Waals surface area (Å²) in [5.74, 6) is 1.59. The van der Waals surface area contributed by atoms with E-state index in [-0.39, 0.29) is 11.3 Å². The normalized spacial score (nSPS) is 23.1. The number of phenolic OH excluding ortho intramolecular Hbond substituents is 1. The highest BCUT2D eigenvalue weighted by atomic mass is 16.3. The molecule has 1 aromatic heterocycles. The molecule has 0 spiro atoms. The van der Waals surface area contributed by atoms with Gasteiger partial charge in [-0.05, 0) is 62.1 Å². The molecule has 3 aliphatic rings. The molecule has 0 radical (unpaired) electrons. The van der Waals surface area contributed by atoms with Gasteiger partial charge in [0.2, 0.25) is 5.91 Å². The molecule has 3 heterocycles. The molecule has 2 aliphatic heterocycles. The number of phenols is 1. The van der Waals surface area contributed by atoms with Crippen LogP contribution in [0.3, 0.4) is 0 Å². The third-order valence-corrected chi connectivity index (χ3v) is 7.60. The topological polar surface area (TPSA) is 80.5 Å². The average molecular weight is 431 g/mol. The molecular weight excluding hydrogens is 400 g/mol. The van der Waals surface area contributed by atoms with Crippen LogP contribution >= 0.6 is 0 Å². The maximum Gasteiger partial charge on any atom is 0.222 e. The monoisotopic (exact) mass is 430 g/mol. The zero-order valence-corrected chi connectivity index (χ0v) is 18.4. The summed E-state index contributed by atoms with van der Waals surface area (Å²) in [6, 6.07) is 14.2. The van der Waals surface area contributed by atoms with Crippen LogP contribution in [-0.2, 0) is 10.2 Å². The van der Waals surface area contributed by atoms with Gasteiger partial charge < -0.3 is 14.9 Å². The third-order valence-electron chi connectivity index (χ3n) is 7.60. The number of aromatic nitrogens is 1. The smallest absolute Gasteiger partial charge is 0.222 e. The van der Waals surface area contributed by atoms with E-state index in [1.807, 2.05) is 30.3 Å². The lowest BCUT2D eigenvalue weighted by Gasteiger charge is -2.41. The number of anilines is 1. The number of fused-ring (bicyclic) bond motifs is 2. The Morgan fingerprint density at radius 3 is 2.50 bits per heavy atom. The van der Waals surface area contributed by atoms with Gasteiger partial charge in [-0.3, -0.25) is 4.79 Å². The molecule has 1 saturated carbocycles. The van der Waals surface area contributed by atoms with Crippen LogP contribution in [0.25, 0.3) is 0 Å². The first-order valence-electron chi connectivity index (χ1n) is 11.8. The molecule has 6 heteroatoms. The first-order valence-corrected chi connectivity index (χ1v) is 11.8. The van der Waals surface area contributed by atoms with Gasteiger partial charge in [0.05, 0.1) is 5.56 Å². The van der Waals surface area contributed by atoms with Crippen molar-refractivity contribution in [1.29, 1.82) is 5.26 Å². The number of carbonyl (C=O) groups is 1. The summed E-state index contributed by atoms with van der Waals surface area (Å²) < 4.78 is 0. The summed E-state index contributed by atoms with van der Waals surface area (Å²) in [5, 5.41) is 19.2. The molecule has 2 atom stereocenters. The molecule has 3 fully saturated rings. The third kappa shape index (κ3) is 3.92. The number of benzene rings is 1. The number of nitrogens with zero attached hydrogens (tertiary/aromatic N) is 4. The van der Waals surface area contributed by atoms with Gasteiger partial charge >= 0.3 is 0 Å². The first kappa shape index (κ1) is 20.8. The molecule has 2 unspecified atom stereocenters. The molecule has 2 aromatic rings. The average Bonchev–Trinajstić information content (AvgIpc) is 3.56. The highest BCUT2D eigenvalue weighted by molar-refractivity contribution is 5.76. The van der Waals surface area contributed by atoms with Crippen LogP contribution in [-0.4, -0.2) is 46.1 Å². The Morgan fingerprint density at radius 1 is 1.12 bits per heavy atom. The van der Waals surface area contributed by atoms with Gasteiger partial charge in [0.1, 0.15) is 17.6 Å². The van der Waals surface area contributed by atoms with E-state index in [0.29, 0.717) is 29.8 Å². The predicted octanol–water partition coefficient (Wildman–Crippen LogP) is 4.13. The van der Waals surface area contributed by atoms with E-state index in [0.717, 1.165) is 69.4 Å². The molecule has 1 N–H and O–H groups in total. The van der Waals surface area contributed by atoms with E-state index in [2.05, 4.69) is 20.9 Å². The van der Waals surface area contributed by atoms with E-state index in [1.165, 1.54) is 0 Å². The van der Waals surface area contributed by atoms with Gasteiger partial charge in [0.15, 0.2) is 0 Å².